The van der Waals surface area contributed by atoms with Crippen LogP contribution in [-0.2, 0) is 0 Å². The second-order valence-electron chi connectivity index (χ2n) is 5.96. The Morgan fingerprint density at radius 1 is 1.11 bits per heavy atom. The first-order valence-electron chi connectivity index (χ1n) is 7.77. The molecule has 0 aromatic heterocycles. The molecule has 2 bridgehead atoms. The van der Waals surface area contributed by atoms with Crippen LogP contribution in [0.3, 0.4) is 0 Å². The molecule has 1 saturated carbocycles. The van der Waals surface area contributed by atoms with Crippen molar-refractivity contribution in [3.05, 3.63) is 35.5 Å². The van der Waals surface area contributed by atoms with Crippen LogP contribution >= 0.6 is 0 Å². The predicted octanol–water partition coefficient (Wildman–Crippen LogP) is 5.67. The molecule has 3 unspecified atom stereocenters. The molecule has 0 aromatic rings. The second kappa shape index (κ2) is 6.41. The molecule has 2 rings (SSSR count). The van der Waals surface area contributed by atoms with Crippen molar-refractivity contribution in [1.82, 2.24) is 0 Å². The van der Waals surface area contributed by atoms with Crippen molar-refractivity contribution in [2.75, 3.05) is 0 Å². The molecular weight excluding hydrogens is 216 g/mol. The minimum absolute atomic E-state index is 0.894. The van der Waals surface area contributed by atoms with Crippen LogP contribution in [0.5, 0.6) is 0 Å². The van der Waals surface area contributed by atoms with Gasteiger partial charge in [0.1, 0.15) is 0 Å². The van der Waals surface area contributed by atoms with Crippen LogP contribution in [0.1, 0.15) is 59.3 Å². The van der Waals surface area contributed by atoms with Gasteiger partial charge in [-0.05, 0) is 63.2 Å². The Morgan fingerprint density at radius 3 is 2.39 bits per heavy atom. The van der Waals surface area contributed by atoms with Crippen LogP contribution in [0.25, 0.3) is 0 Å². The topological polar surface area (TPSA) is 0 Å². The molecule has 100 valence electrons. The first kappa shape index (κ1) is 13.6. The Balaban J connectivity index is 1.87. The lowest BCUT2D eigenvalue weighted by molar-refractivity contribution is 0.441. The minimum atomic E-state index is 0.894. The van der Waals surface area contributed by atoms with Gasteiger partial charge in [-0.2, -0.15) is 0 Å². The first-order chi connectivity index (χ1) is 8.76. The van der Waals surface area contributed by atoms with Crippen molar-refractivity contribution < 1.29 is 0 Å². The lowest BCUT2D eigenvalue weighted by Gasteiger charge is -2.19. The van der Waals surface area contributed by atoms with Crippen molar-refractivity contribution in [3.63, 3.8) is 0 Å². The Bertz CT molecular complexity index is 350. The number of allylic oxidation sites excluding steroid dienone is 6. The summed E-state index contributed by atoms with van der Waals surface area (Å²) < 4.78 is 0. The first-order valence-corrected chi connectivity index (χ1v) is 7.77. The monoisotopic (exact) mass is 244 g/mol. The normalized spacial score (nSPS) is 29.9. The summed E-state index contributed by atoms with van der Waals surface area (Å²) in [6.07, 6.45) is 17.6. The van der Waals surface area contributed by atoms with E-state index in [0.717, 1.165) is 17.8 Å². The van der Waals surface area contributed by atoms with Gasteiger partial charge in [0.15, 0.2) is 0 Å². The predicted molar refractivity (Wildman–Crippen MR) is 80.5 cm³/mol. The van der Waals surface area contributed by atoms with Gasteiger partial charge >= 0.3 is 0 Å². The van der Waals surface area contributed by atoms with Crippen LogP contribution < -0.4 is 0 Å². The van der Waals surface area contributed by atoms with Gasteiger partial charge in [0.2, 0.25) is 0 Å². The summed E-state index contributed by atoms with van der Waals surface area (Å²) in [6, 6.07) is 0. The van der Waals surface area contributed by atoms with Gasteiger partial charge in [-0.1, -0.05) is 49.3 Å². The summed E-state index contributed by atoms with van der Waals surface area (Å²) in [7, 11) is 0. The highest BCUT2D eigenvalue weighted by molar-refractivity contribution is 5.16. The molecule has 0 amide bonds. The summed E-state index contributed by atoms with van der Waals surface area (Å²) >= 11 is 0. The number of fused-ring (bicyclic) bond motifs is 2. The molecule has 2 aliphatic rings. The SMILES string of the molecule is CC=C(CC=C(CC)CC)CC1CC2C=CC1C2. The lowest BCUT2D eigenvalue weighted by atomic mass is 9.86. The second-order valence-corrected chi connectivity index (χ2v) is 5.96. The standard InChI is InChI=1S/C18H28/c1-4-14(5-2)7-8-15(6-3)11-18-13-16-9-10-17(18)12-16/h6-7,9-10,16-18H,4-5,8,11-13H2,1-3H3. The Labute approximate surface area is 113 Å². The third-order valence-corrected chi connectivity index (χ3v) is 4.91. The Hall–Kier alpha value is -0.780. The summed E-state index contributed by atoms with van der Waals surface area (Å²) in [5.74, 6) is 2.74. The van der Waals surface area contributed by atoms with Crippen molar-refractivity contribution >= 4 is 0 Å². The fraction of sp³-hybridized carbons (Fsp3) is 0.667. The van der Waals surface area contributed by atoms with E-state index < -0.39 is 0 Å². The maximum Gasteiger partial charge on any atom is -0.0136 e. The fourth-order valence-electron chi connectivity index (χ4n) is 3.60. The third kappa shape index (κ3) is 3.16. The zero-order valence-electron chi connectivity index (χ0n) is 12.3. The summed E-state index contributed by atoms with van der Waals surface area (Å²) in [6.45, 7) is 6.75. The van der Waals surface area contributed by atoms with Gasteiger partial charge in [0.05, 0.1) is 0 Å². The molecule has 3 atom stereocenters. The van der Waals surface area contributed by atoms with E-state index in [1.807, 2.05) is 0 Å². The van der Waals surface area contributed by atoms with Crippen LogP contribution in [0, 0.1) is 17.8 Å². The highest BCUT2D eigenvalue weighted by atomic mass is 14.4. The van der Waals surface area contributed by atoms with E-state index in [2.05, 4.69) is 45.1 Å². The summed E-state index contributed by atoms with van der Waals surface area (Å²) in [5, 5.41) is 0. The van der Waals surface area contributed by atoms with E-state index >= 15 is 0 Å². The fourth-order valence-corrected chi connectivity index (χ4v) is 3.60. The van der Waals surface area contributed by atoms with E-state index in [4.69, 9.17) is 0 Å². The van der Waals surface area contributed by atoms with Gasteiger partial charge in [0.25, 0.3) is 0 Å². The average Bonchev–Trinajstić information content (AvgIpc) is 3.00. The average molecular weight is 244 g/mol. The zero-order chi connectivity index (χ0) is 13.0. The lowest BCUT2D eigenvalue weighted by Crippen LogP contribution is -2.07. The van der Waals surface area contributed by atoms with E-state index in [-0.39, 0.29) is 0 Å². The van der Waals surface area contributed by atoms with Gasteiger partial charge < -0.3 is 0 Å². The Kier molecular flexibility index (Phi) is 4.86. The molecule has 0 aliphatic heterocycles. The molecule has 2 aliphatic carbocycles. The molecule has 0 nitrogen and oxygen atoms in total. The van der Waals surface area contributed by atoms with Gasteiger partial charge in [0, 0.05) is 0 Å². The summed E-state index contributed by atoms with van der Waals surface area (Å²) in [4.78, 5) is 0. The largest absolute Gasteiger partial charge is 0.0881 e. The number of rotatable bonds is 6. The van der Waals surface area contributed by atoms with E-state index in [9.17, 15) is 0 Å². The van der Waals surface area contributed by atoms with Crippen molar-refractivity contribution in [1.29, 1.82) is 0 Å². The van der Waals surface area contributed by atoms with E-state index in [0.29, 0.717) is 0 Å². The van der Waals surface area contributed by atoms with Gasteiger partial charge in [-0.15, -0.1) is 0 Å². The third-order valence-electron chi connectivity index (χ3n) is 4.91. The minimum Gasteiger partial charge on any atom is -0.0881 e. The van der Waals surface area contributed by atoms with Gasteiger partial charge in [-0.25, -0.2) is 0 Å². The van der Waals surface area contributed by atoms with Crippen LogP contribution in [0.15, 0.2) is 35.5 Å². The quantitative estimate of drug-likeness (QED) is 0.528. The molecule has 0 radical (unpaired) electrons. The molecule has 1 fully saturated rings. The molecule has 0 heteroatoms. The van der Waals surface area contributed by atoms with Crippen LogP contribution in [0.4, 0.5) is 0 Å². The molecule has 0 aromatic carbocycles. The molecule has 0 N–H and O–H groups in total. The molecule has 18 heavy (non-hydrogen) atoms. The smallest absolute Gasteiger partial charge is 0.0136 e. The summed E-state index contributed by atoms with van der Waals surface area (Å²) in [5.41, 5.74) is 3.27. The molecule has 0 spiro atoms. The van der Waals surface area contributed by atoms with Crippen molar-refractivity contribution in [2.24, 2.45) is 17.8 Å². The molecule has 0 heterocycles. The maximum atomic E-state index is 2.48. The Morgan fingerprint density at radius 2 is 1.89 bits per heavy atom. The molecule has 0 saturated heterocycles. The van der Waals surface area contributed by atoms with Crippen LogP contribution in [0.2, 0.25) is 0 Å². The van der Waals surface area contributed by atoms with Crippen LogP contribution in [-0.4, -0.2) is 0 Å². The maximum absolute atomic E-state index is 2.48. The van der Waals surface area contributed by atoms with E-state index in [1.165, 1.54) is 38.5 Å². The number of hydrogen-bond donors (Lipinski definition) is 0. The van der Waals surface area contributed by atoms with Crippen molar-refractivity contribution in [3.8, 4) is 0 Å². The zero-order valence-corrected chi connectivity index (χ0v) is 12.3. The van der Waals surface area contributed by atoms with E-state index in [1.54, 1.807) is 11.1 Å². The highest BCUT2D eigenvalue weighted by Crippen LogP contribution is 2.46. The van der Waals surface area contributed by atoms with Gasteiger partial charge in [-0.3, -0.25) is 0 Å². The molecular formula is C18H28. The number of hydrogen-bond acceptors (Lipinski definition) is 0. The van der Waals surface area contributed by atoms with Crippen molar-refractivity contribution in [2.45, 2.75) is 59.3 Å². The highest BCUT2D eigenvalue weighted by Gasteiger charge is 2.35.